The largest absolute Gasteiger partial charge is 0.314 e. The Bertz CT molecular complexity index is 210. The summed E-state index contributed by atoms with van der Waals surface area (Å²) in [6.45, 7) is 2.87. The Balaban J connectivity index is 2.40. The summed E-state index contributed by atoms with van der Waals surface area (Å²) in [7, 11) is -2.76. The normalized spacial score (nSPS) is 33.4. The van der Waals surface area contributed by atoms with Crippen molar-refractivity contribution in [3.8, 4) is 0 Å². The van der Waals surface area contributed by atoms with Crippen LogP contribution in [0.3, 0.4) is 0 Å². The van der Waals surface area contributed by atoms with Gasteiger partial charge in [0.1, 0.15) is 9.84 Å². The molecular weight excluding hydrogens is 150 g/mol. The van der Waals surface area contributed by atoms with Crippen molar-refractivity contribution >= 4 is 9.84 Å². The molecule has 2 atom stereocenters. The van der Waals surface area contributed by atoms with Gasteiger partial charge in [0.15, 0.2) is 0 Å². The van der Waals surface area contributed by atoms with Gasteiger partial charge < -0.3 is 5.32 Å². The summed E-state index contributed by atoms with van der Waals surface area (Å²) < 4.78 is 21.5. The molecule has 1 fully saturated rings. The molecule has 10 heavy (non-hydrogen) atoms. The van der Waals surface area contributed by atoms with Gasteiger partial charge in [0.2, 0.25) is 0 Å². The highest BCUT2D eigenvalue weighted by molar-refractivity contribution is 7.90. The van der Waals surface area contributed by atoms with Crippen molar-refractivity contribution in [3.63, 3.8) is 0 Å². The first kappa shape index (κ1) is 8.01. The zero-order chi connectivity index (χ0) is 7.78. The Kier molecular flexibility index (Phi) is 2.01. The monoisotopic (exact) mass is 163 g/mol. The average Bonchev–Trinajstić information content (AvgIpc) is 1.78. The van der Waals surface area contributed by atoms with Crippen molar-refractivity contribution in [2.24, 2.45) is 5.92 Å². The van der Waals surface area contributed by atoms with Crippen LogP contribution in [0, 0.1) is 5.92 Å². The van der Waals surface area contributed by atoms with Gasteiger partial charge in [0.05, 0.1) is 5.75 Å². The molecule has 0 aromatic carbocycles. The summed E-state index contributed by atoms with van der Waals surface area (Å²) in [5.41, 5.74) is 0. The molecule has 0 unspecified atom stereocenters. The van der Waals surface area contributed by atoms with E-state index in [-0.39, 0.29) is 0 Å². The standard InChI is InChI=1S/C6H13NO2S/c1-5-6(3-7-5)4-10(2,8)9/h5-7H,3-4H2,1-2H3/t5-,6+/m1/s1. The fourth-order valence-electron chi connectivity index (χ4n) is 1.11. The number of hydrogen-bond acceptors (Lipinski definition) is 3. The molecule has 0 bridgehead atoms. The third-order valence-electron chi connectivity index (χ3n) is 1.93. The summed E-state index contributed by atoms with van der Waals surface area (Å²) in [6.07, 6.45) is 1.29. The Morgan fingerprint density at radius 2 is 2.20 bits per heavy atom. The third-order valence-corrected chi connectivity index (χ3v) is 2.96. The Morgan fingerprint density at radius 3 is 2.30 bits per heavy atom. The van der Waals surface area contributed by atoms with E-state index in [1.807, 2.05) is 6.92 Å². The minimum absolute atomic E-state index is 0.334. The van der Waals surface area contributed by atoms with Crippen LogP contribution in [0.4, 0.5) is 0 Å². The highest BCUT2D eigenvalue weighted by Gasteiger charge is 2.28. The summed E-state index contributed by atoms with van der Waals surface area (Å²) >= 11 is 0. The molecule has 0 amide bonds. The van der Waals surface area contributed by atoms with Gasteiger partial charge in [-0.25, -0.2) is 8.42 Å². The maximum Gasteiger partial charge on any atom is 0.147 e. The molecule has 1 heterocycles. The Hall–Kier alpha value is -0.0900. The summed E-state index contributed by atoms with van der Waals surface area (Å²) in [5, 5.41) is 3.12. The molecule has 1 aliphatic heterocycles. The highest BCUT2D eigenvalue weighted by Crippen LogP contribution is 2.13. The van der Waals surface area contributed by atoms with E-state index in [1.54, 1.807) is 0 Å². The molecule has 1 saturated heterocycles. The van der Waals surface area contributed by atoms with Gasteiger partial charge in [-0.2, -0.15) is 0 Å². The van der Waals surface area contributed by atoms with Crippen LogP contribution in [0.1, 0.15) is 6.92 Å². The van der Waals surface area contributed by atoms with E-state index in [1.165, 1.54) is 6.26 Å². The maximum atomic E-state index is 10.8. The second-order valence-corrected chi connectivity index (χ2v) is 5.23. The molecule has 0 aliphatic carbocycles. The van der Waals surface area contributed by atoms with Crippen molar-refractivity contribution in [1.82, 2.24) is 5.32 Å². The van der Waals surface area contributed by atoms with E-state index < -0.39 is 9.84 Å². The van der Waals surface area contributed by atoms with Crippen LogP contribution >= 0.6 is 0 Å². The predicted octanol–water partition coefficient (Wildman–Crippen LogP) is -0.361. The molecule has 0 aromatic heterocycles. The third kappa shape index (κ3) is 1.95. The van der Waals surface area contributed by atoms with Crippen LogP contribution in [-0.2, 0) is 9.84 Å². The Labute approximate surface area is 61.7 Å². The average molecular weight is 163 g/mol. The van der Waals surface area contributed by atoms with E-state index in [2.05, 4.69) is 5.32 Å². The van der Waals surface area contributed by atoms with Crippen molar-refractivity contribution < 1.29 is 8.42 Å². The second-order valence-electron chi connectivity index (χ2n) is 3.05. The first-order valence-electron chi connectivity index (χ1n) is 3.40. The number of sulfone groups is 1. The zero-order valence-electron chi connectivity index (χ0n) is 6.29. The topological polar surface area (TPSA) is 46.2 Å². The molecule has 0 spiro atoms. The summed E-state index contributed by atoms with van der Waals surface area (Å²) in [5.74, 6) is 0.677. The van der Waals surface area contributed by atoms with E-state index >= 15 is 0 Å². The smallest absolute Gasteiger partial charge is 0.147 e. The predicted molar refractivity (Wildman–Crippen MR) is 40.7 cm³/mol. The molecule has 1 N–H and O–H groups in total. The lowest BCUT2D eigenvalue weighted by atomic mass is 9.96. The van der Waals surface area contributed by atoms with Gasteiger partial charge in [-0.3, -0.25) is 0 Å². The molecule has 0 saturated carbocycles. The molecular formula is C6H13NO2S. The molecule has 0 radical (unpaired) electrons. The van der Waals surface area contributed by atoms with Crippen molar-refractivity contribution in [2.45, 2.75) is 13.0 Å². The second kappa shape index (κ2) is 2.51. The van der Waals surface area contributed by atoms with E-state index in [9.17, 15) is 8.42 Å². The van der Waals surface area contributed by atoms with Crippen molar-refractivity contribution in [3.05, 3.63) is 0 Å². The van der Waals surface area contributed by atoms with Crippen LogP contribution in [0.15, 0.2) is 0 Å². The van der Waals surface area contributed by atoms with Crippen LogP contribution in [-0.4, -0.2) is 33.0 Å². The van der Waals surface area contributed by atoms with Gasteiger partial charge in [-0.05, 0) is 6.92 Å². The Morgan fingerprint density at radius 1 is 1.60 bits per heavy atom. The van der Waals surface area contributed by atoms with Crippen molar-refractivity contribution in [1.29, 1.82) is 0 Å². The lowest BCUT2D eigenvalue weighted by Gasteiger charge is -2.34. The fraction of sp³-hybridized carbons (Fsp3) is 1.00. The molecule has 1 rings (SSSR count). The van der Waals surface area contributed by atoms with Crippen LogP contribution in [0.2, 0.25) is 0 Å². The molecule has 0 aromatic rings. The van der Waals surface area contributed by atoms with Crippen molar-refractivity contribution in [2.75, 3.05) is 18.6 Å². The van der Waals surface area contributed by atoms with Gasteiger partial charge in [-0.15, -0.1) is 0 Å². The van der Waals surface area contributed by atoms with Gasteiger partial charge in [0, 0.05) is 24.8 Å². The van der Waals surface area contributed by atoms with Gasteiger partial charge in [0.25, 0.3) is 0 Å². The quantitative estimate of drug-likeness (QED) is 0.604. The summed E-state index contributed by atoms with van der Waals surface area (Å²) in [6, 6.07) is 0.384. The van der Waals surface area contributed by atoms with E-state index in [0.717, 1.165) is 6.54 Å². The molecule has 3 nitrogen and oxygen atoms in total. The van der Waals surface area contributed by atoms with Crippen LogP contribution in [0.25, 0.3) is 0 Å². The minimum Gasteiger partial charge on any atom is -0.314 e. The first-order chi connectivity index (χ1) is 4.49. The SMILES string of the molecule is C[C@H]1NC[C@H]1CS(C)(=O)=O. The molecule has 60 valence electrons. The molecule has 4 heteroatoms. The van der Waals surface area contributed by atoms with Gasteiger partial charge >= 0.3 is 0 Å². The first-order valence-corrected chi connectivity index (χ1v) is 5.46. The highest BCUT2D eigenvalue weighted by atomic mass is 32.2. The molecule has 1 aliphatic rings. The van der Waals surface area contributed by atoms with Crippen LogP contribution < -0.4 is 5.32 Å². The fourth-order valence-corrected chi connectivity index (χ4v) is 2.30. The number of nitrogens with one attached hydrogen (secondary N) is 1. The number of hydrogen-bond donors (Lipinski definition) is 1. The zero-order valence-corrected chi connectivity index (χ0v) is 7.11. The minimum atomic E-state index is -2.76. The number of rotatable bonds is 2. The summed E-state index contributed by atoms with van der Waals surface area (Å²) in [4.78, 5) is 0. The lowest BCUT2D eigenvalue weighted by Crippen LogP contribution is -2.53. The van der Waals surface area contributed by atoms with E-state index in [4.69, 9.17) is 0 Å². The van der Waals surface area contributed by atoms with Crippen LogP contribution in [0.5, 0.6) is 0 Å². The maximum absolute atomic E-state index is 10.8. The van der Waals surface area contributed by atoms with E-state index in [0.29, 0.717) is 17.7 Å². The lowest BCUT2D eigenvalue weighted by molar-refractivity contribution is 0.276. The van der Waals surface area contributed by atoms with Gasteiger partial charge in [-0.1, -0.05) is 0 Å².